The highest BCUT2D eigenvalue weighted by atomic mass is 16.5. The van der Waals surface area contributed by atoms with Gasteiger partial charge in [-0.15, -0.1) is 0 Å². The average Bonchev–Trinajstić information content (AvgIpc) is 2.26. The fraction of sp³-hybridized carbons (Fsp3) is 0.308. The van der Waals surface area contributed by atoms with Gasteiger partial charge in [0.25, 0.3) is 0 Å². The molecule has 1 unspecified atom stereocenters. The third-order valence-corrected chi connectivity index (χ3v) is 2.40. The summed E-state index contributed by atoms with van der Waals surface area (Å²) in [7, 11) is 1.41. The molecule has 0 aliphatic rings. The highest BCUT2D eigenvalue weighted by Gasteiger charge is 2.16. The van der Waals surface area contributed by atoms with Crippen LogP contribution in [0.2, 0.25) is 0 Å². The maximum absolute atomic E-state index is 11.2. The molecule has 1 rings (SSSR count). The van der Waals surface area contributed by atoms with E-state index < -0.39 is 0 Å². The number of carbonyl (C=O) groups excluding carboxylic acids is 1. The molecule has 0 fully saturated rings. The summed E-state index contributed by atoms with van der Waals surface area (Å²) in [5, 5.41) is 0. The van der Waals surface area contributed by atoms with Crippen molar-refractivity contribution in [2.45, 2.75) is 19.3 Å². The zero-order valence-corrected chi connectivity index (χ0v) is 9.19. The first-order chi connectivity index (χ1) is 7.15. The van der Waals surface area contributed by atoms with E-state index in [0.717, 1.165) is 11.1 Å². The Morgan fingerprint density at radius 1 is 1.40 bits per heavy atom. The normalized spacial score (nSPS) is 11.9. The van der Waals surface area contributed by atoms with E-state index in [4.69, 9.17) is 0 Å². The molecule has 0 saturated heterocycles. The van der Waals surface area contributed by atoms with Crippen molar-refractivity contribution >= 4 is 5.97 Å². The Labute approximate surface area is 90.6 Å². The van der Waals surface area contributed by atoms with Gasteiger partial charge in [0.15, 0.2) is 0 Å². The van der Waals surface area contributed by atoms with Gasteiger partial charge in [0.05, 0.1) is 13.5 Å². The fourth-order valence-electron chi connectivity index (χ4n) is 1.51. The van der Waals surface area contributed by atoms with Gasteiger partial charge in [-0.3, -0.25) is 4.79 Å². The molecule has 2 heteroatoms. The largest absolute Gasteiger partial charge is 0.469 e. The summed E-state index contributed by atoms with van der Waals surface area (Å²) in [4.78, 5) is 11.2. The second-order valence-electron chi connectivity index (χ2n) is 3.59. The Hall–Kier alpha value is -1.57. The van der Waals surface area contributed by atoms with Crippen LogP contribution in [0.5, 0.6) is 0 Å². The maximum Gasteiger partial charge on any atom is 0.306 e. The Balaban J connectivity index is 2.84. The molecule has 0 aromatic heterocycles. The molecule has 0 bridgehead atoms. The van der Waals surface area contributed by atoms with Gasteiger partial charge in [0, 0.05) is 5.92 Å². The van der Waals surface area contributed by atoms with E-state index in [-0.39, 0.29) is 11.9 Å². The van der Waals surface area contributed by atoms with Crippen LogP contribution in [0.3, 0.4) is 0 Å². The van der Waals surface area contributed by atoms with Crippen molar-refractivity contribution in [1.29, 1.82) is 0 Å². The minimum atomic E-state index is -0.202. The Bertz CT molecular complexity index is 341. The van der Waals surface area contributed by atoms with Crippen LogP contribution in [0, 0.1) is 0 Å². The quantitative estimate of drug-likeness (QED) is 0.557. The zero-order valence-electron chi connectivity index (χ0n) is 9.19. The lowest BCUT2D eigenvalue weighted by molar-refractivity contribution is -0.140. The lowest BCUT2D eigenvalue weighted by Gasteiger charge is -2.15. The SMILES string of the molecule is C=C(C)C(CC(=O)OC)c1ccccc1. The molecule has 80 valence electrons. The highest BCUT2D eigenvalue weighted by molar-refractivity contribution is 5.71. The van der Waals surface area contributed by atoms with E-state index in [1.165, 1.54) is 7.11 Å². The maximum atomic E-state index is 11.2. The molecule has 0 amide bonds. The van der Waals surface area contributed by atoms with Crippen molar-refractivity contribution < 1.29 is 9.53 Å². The van der Waals surface area contributed by atoms with Crippen molar-refractivity contribution in [3.63, 3.8) is 0 Å². The third kappa shape index (κ3) is 3.24. The molecular formula is C13H16O2. The van der Waals surface area contributed by atoms with Gasteiger partial charge in [0.1, 0.15) is 0 Å². The second kappa shape index (κ2) is 5.35. The fourth-order valence-corrected chi connectivity index (χ4v) is 1.51. The summed E-state index contributed by atoms with van der Waals surface area (Å²) in [5.74, 6) is -0.148. The number of ether oxygens (including phenoxy) is 1. The van der Waals surface area contributed by atoms with E-state index in [2.05, 4.69) is 11.3 Å². The Morgan fingerprint density at radius 2 is 2.00 bits per heavy atom. The monoisotopic (exact) mass is 204 g/mol. The van der Waals surface area contributed by atoms with Gasteiger partial charge in [-0.2, -0.15) is 0 Å². The summed E-state index contributed by atoms with van der Waals surface area (Å²) in [6, 6.07) is 9.88. The van der Waals surface area contributed by atoms with E-state index in [9.17, 15) is 4.79 Å². The highest BCUT2D eigenvalue weighted by Crippen LogP contribution is 2.26. The minimum absolute atomic E-state index is 0.0543. The number of rotatable bonds is 4. The van der Waals surface area contributed by atoms with Crippen LogP contribution in [-0.2, 0) is 9.53 Å². The number of benzene rings is 1. The lowest BCUT2D eigenvalue weighted by atomic mass is 9.90. The first-order valence-electron chi connectivity index (χ1n) is 4.92. The predicted octanol–water partition coefficient (Wildman–Crippen LogP) is 2.91. The number of esters is 1. The molecule has 0 aliphatic heterocycles. The van der Waals surface area contributed by atoms with Crippen molar-refractivity contribution in [3.8, 4) is 0 Å². The number of hydrogen-bond acceptors (Lipinski definition) is 2. The van der Waals surface area contributed by atoms with Crippen molar-refractivity contribution in [1.82, 2.24) is 0 Å². The standard InChI is InChI=1S/C13H16O2/c1-10(2)12(9-13(14)15-3)11-7-5-4-6-8-11/h4-8,12H,1,9H2,2-3H3. The number of hydrogen-bond donors (Lipinski definition) is 0. The molecule has 1 atom stereocenters. The topological polar surface area (TPSA) is 26.3 Å². The summed E-state index contributed by atoms with van der Waals surface area (Å²) in [5.41, 5.74) is 2.09. The van der Waals surface area contributed by atoms with Gasteiger partial charge < -0.3 is 4.74 Å². The van der Waals surface area contributed by atoms with Gasteiger partial charge >= 0.3 is 5.97 Å². The molecule has 0 heterocycles. The van der Waals surface area contributed by atoms with Crippen molar-refractivity contribution in [2.24, 2.45) is 0 Å². The second-order valence-corrected chi connectivity index (χ2v) is 3.59. The van der Waals surface area contributed by atoms with Crippen LogP contribution in [0.25, 0.3) is 0 Å². The zero-order chi connectivity index (χ0) is 11.3. The van der Waals surface area contributed by atoms with E-state index in [1.807, 2.05) is 37.3 Å². The number of allylic oxidation sites excluding steroid dienone is 1. The number of carbonyl (C=O) groups is 1. The van der Waals surface area contributed by atoms with Crippen molar-refractivity contribution in [3.05, 3.63) is 48.0 Å². The molecule has 0 saturated carbocycles. The van der Waals surface area contributed by atoms with Crippen LogP contribution >= 0.6 is 0 Å². The molecule has 1 aromatic carbocycles. The van der Waals surface area contributed by atoms with Crippen LogP contribution in [-0.4, -0.2) is 13.1 Å². The lowest BCUT2D eigenvalue weighted by Crippen LogP contribution is -2.09. The van der Waals surface area contributed by atoms with Crippen LogP contribution < -0.4 is 0 Å². The van der Waals surface area contributed by atoms with Crippen LogP contribution in [0.4, 0.5) is 0 Å². The smallest absolute Gasteiger partial charge is 0.306 e. The minimum Gasteiger partial charge on any atom is -0.469 e. The average molecular weight is 204 g/mol. The van der Waals surface area contributed by atoms with Gasteiger partial charge in [0.2, 0.25) is 0 Å². The molecule has 0 N–H and O–H groups in total. The van der Waals surface area contributed by atoms with E-state index >= 15 is 0 Å². The first-order valence-corrected chi connectivity index (χ1v) is 4.92. The van der Waals surface area contributed by atoms with Crippen LogP contribution in [0.1, 0.15) is 24.8 Å². The molecule has 15 heavy (non-hydrogen) atoms. The molecular weight excluding hydrogens is 188 g/mol. The molecule has 0 aliphatic carbocycles. The third-order valence-electron chi connectivity index (χ3n) is 2.40. The first kappa shape index (κ1) is 11.5. The van der Waals surface area contributed by atoms with E-state index in [0.29, 0.717) is 6.42 Å². The molecule has 0 spiro atoms. The summed E-state index contributed by atoms with van der Waals surface area (Å²) in [6.45, 7) is 5.84. The van der Waals surface area contributed by atoms with Gasteiger partial charge in [-0.25, -0.2) is 0 Å². The molecule has 0 radical (unpaired) electrons. The van der Waals surface area contributed by atoms with Crippen LogP contribution in [0.15, 0.2) is 42.5 Å². The van der Waals surface area contributed by atoms with Gasteiger partial charge in [-0.1, -0.05) is 42.5 Å². The van der Waals surface area contributed by atoms with E-state index in [1.54, 1.807) is 0 Å². The molecule has 1 aromatic rings. The summed E-state index contributed by atoms with van der Waals surface area (Å²) < 4.78 is 4.67. The predicted molar refractivity (Wildman–Crippen MR) is 60.6 cm³/mol. The van der Waals surface area contributed by atoms with Gasteiger partial charge in [-0.05, 0) is 12.5 Å². The Morgan fingerprint density at radius 3 is 2.47 bits per heavy atom. The molecule has 2 nitrogen and oxygen atoms in total. The summed E-state index contributed by atoms with van der Waals surface area (Å²) >= 11 is 0. The van der Waals surface area contributed by atoms with Crippen molar-refractivity contribution in [2.75, 3.05) is 7.11 Å². The number of methoxy groups -OCH3 is 1. The Kier molecular flexibility index (Phi) is 4.10. The summed E-state index contributed by atoms with van der Waals surface area (Å²) in [6.07, 6.45) is 0.357.